The molecule has 2 heterocycles. The van der Waals surface area contributed by atoms with Crippen LogP contribution in [0.5, 0.6) is 0 Å². The van der Waals surface area contributed by atoms with E-state index in [0.29, 0.717) is 6.54 Å². The maximum atomic E-state index is 11.7. The molecule has 2 rings (SSSR count). The predicted octanol–water partition coefficient (Wildman–Crippen LogP) is 1.60. The SMILES string of the molecule is Cl.Cl.O=C(NCc1cscn1)C1CCCNC1. The largest absolute Gasteiger partial charge is 0.350 e. The number of piperidine rings is 1. The molecule has 7 heteroatoms. The van der Waals surface area contributed by atoms with E-state index in [1.807, 2.05) is 5.38 Å². The molecule has 1 saturated heterocycles. The van der Waals surface area contributed by atoms with E-state index in [0.717, 1.165) is 31.6 Å². The topological polar surface area (TPSA) is 54.0 Å². The minimum Gasteiger partial charge on any atom is -0.350 e. The van der Waals surface area contributed by atoms with Gasteiger partial charge in [0.2, 0.25) is 5.91 Å². The molecule has 1 fully saturated rings. The first-order valence-corrected chi connectivity index (χ1v) is 6.16. The number of nitrogens with one attached hydrogen (secondary N) is 2. The van der Waals surface area contributed by atoms with Crippen LogP contribution in [0, 0.1) is 5.92 Å². The minimum atomic E-state index is 0. The molecule has 0 aromatic carbocycles. The molecule has 2 N–H and O–H groups in total. The summed E-state index contributed by atoms with van der Waals surface area (Å²) in [5.41, 5.74) is 2.72. The fraction of sp³-hybridized carbons (Fsp3) is 0.600. The molecule has 4 nitrogen and oxygen atoms in total. The van der Waals surface area contributed by atoms with Gasteiger partial charge < -0.3 is 10.6 Å². The van der Waals surface area contributed by atoms with Crippen LogP contribution >= 0.6 is 36.2 Å². The third kappa shape index (κ3) is 5.21. The third-order valence-corrected chi connectivity index (χ3v) is 3.23. The summed E-state index contributed by atoms with van der Waals surface area (Å²) in [6.45, 7) is 2.40. The lowest BCUT2D eigenvalue weighted by Gasteiger charge is -2.21. The van der Waals surface area contributed by atoms with E-state index in [9.17, 15) is 4.79 Å². The summed E-state index contributed by atoms with van der Waals surface area (Å²) in [5.74, 6) is 0.285. The third-order valence-electron chi connectivity index (χ3n) is 2.59. The van der Waals surface area contributed by atoms with Crippen LogP contribution in [0.4, 0.5) is 0 Å². The van der Waals surface area contributed by atoms with Crippen molar-refractivity contribution in [3.63, 3.8) is 0 Å². The number of rotatable bonds is 3. The number of hydrogen-bond acceptors (Lipinski definition) is 4. The molecule has 98 valence electrons. The van der Waals surface area contributed by atoms with E-state index in [1.54, 1.807) is 16.8 Å². The van der Waals surface area contributed by atoms with Gasteiger partial charge in [0.1, 0.15) is 0 Å². The molecule has 1 aliphatic rings. The van der Waals surface area contributed by atoms with Gasteiger partial charge in [-0.15, -0.1) is 36.2 Å². The van der Waals surface area contributed by atoms with Crippen LogP contribution in [0.3, 0.4) is 0 Å². The second-order valence-corrected chi connectivity index (χ2v) is 4.46. The summed E-state index contributed by atoms with van der Waals surface area (Å²) in [5, 5.41) is 8.11. The Labute approximate surface area is 117 Å². The molecular formula is C10H17Cl2N3OS. The molecule has 17 heavy (non-hydrogen) atoms. The summed E-state index contributed by atoms with van der Waals surface area (Å²) in [7, 11) is 0. The van der Waals surface area contributed by atoms with Crippen LogP contribution in [-0.4, -0.2) is 24.0 Å². The molecule has 0 saturated carbocycles. The molecule has 1 atom stereocenters. The number of amides is 1. The summed E-state index contributed by atoms with van der Waals surface area (Å²) in [4.78, 5) is 15.8. The van der Waals surface area contributed by atoms with Crippen LogP contribution in [-0.2, 0) is 11.3 Å². The Morgan fingerprint density at radius 1 is 1.59 bits per heavy atom. The van der Waals surface area contributed by atoms with Crippen LogP contribution in [0.25, 0.3) is 0 Å². The molecule has 1 amide bonds. The summed E-state index contributed by atoms with van der Waals surface area (Å²) in [6.07, 6.45) is 2.09. The lowest BCUT2D eigenvalue weighted by atomic mass is 9.99. The van der Waals surface area contributed by atoms with Gasteiger partial charge in [0.05, 0.1) is 23.7 Å². The van der Waals surface area contributed by atoms with E-state index < -0.39 is 0 Å². The van der Waals surface area contributed by atoms with E-state index in [4.69, 9.17) is 0 Å². The second kappa shape index (κ2) is 8.69. The maximum absolute atomic E-state index is 11.7. The highest BCUT2D eigenvalue weighted by atomic mass is 35.5. The zero-order valence-corrected chi connectivity index (χ0v) is 11.8. The first kappa shape index (κ1) is 16.6. The van der Waals surface area contributed by atoms with Crippen molar-refractivity contribution in [3.8, 4) is 0 Å². The second-order valence-electron chi connectivity index (χ2n) is 3.74. The van der Waals surface area contributed by atoms with Crippen molar-refractivity contribution in [3.05, 3.63) is 16.6 Å². The molecule has 0 spiro atoms. The van der Waals surface area contributed by atoms with E-state index >= 15 is 0 Å². The van der Waals surface area contributed by atoms with Crippen LogP contribution in [0.2, 0.25) is 0 Å². The van der Waals surface area contributed by atoms with Gasteiger partial charge in [-0.05, 0) is 19.4 Å². The number of hydrogen-bond donors (Lipinski definition) is 2. The average molecular weight is 298 g/mol. The van der Waals surface area contributed by atoms with Gasteiger partial charge in [-0.25, -0.2) is 4.98 Å². The Kier molecular flexibility index (Phi) is 8.51. The highest BCUT2D eigenvalue weighted by Crippen LogP contribution is 2.10. The van der Waals surface area contributed by atoms with Crippen molar-refractivity contribution in [1.29, 1.82) is 0 Å². The monoisotopic (exact) mass is 297 g/mol. The zero-order chi connectivity index (χ0) is 10.5. The van der Waals surface area contributed by atoms with Gasteiger partial charge in [0.15, 0.2) is 0 Å². The molecule has 1 aromatic rings. The molecular weight excluding hydrogens is 281 g/mol. The fourth-order valence-corrected chi connectivity index (χ4v) is 2.28. The quantitative estimate of drug-likeness (QED) is 0.891. The van der Waals surface area contributed by atoms with Crippen molar-refractivity contribution in [2.45, 2.75) is 19.4 Å². The van der Waals surface area contributed by atoms with Crippen LogP contribution in [0.1, 0.15) is 18.5 Å². The van der Waals surface area contributed by atoms with Crippen molar-refractivity contribution in [1.82, 2.24) is 15.6 Å². The highest BCUT2D eigenvalue weighted by molar-refractivity contribution is 7.07. The van der Waals surface area contributed by atoms with Crippen molar-refractivity contribution < 1.29 is 4.79 Å². The van der Waals surface area contributed by atoms with Crippen molar-refractivity contribution in [2.24, 2.45) is 5.92 Å². The number of nitrogens with zero attached hydrogens (tertiary/aromatic N) is 1. The number of halogens is 2. The van der Waals surface area contributed by atoms with Crippen molar-refractivity contribution in [2.75, 3.05) is 13.1 Å². The van der Waals surface area contributed by atoms with Crippen LogP contribution < -0.4 is 10.6 Å². The van der Waals surface area contributed by atoms with Gasteiger partial charge in [0, 0.05) is 11.9 Å². The summed E-state index contributed by atoms with van der Waals surface area (Å²) in [6, 6.07) is 0. The number of carbonyl (C=O) groups is 1. The maximum Gasteiger partial charge on any atom is 0.224 e. The zero-order valence-electron chi connectivity index (χ0n) is 9.35. The Hall–Kier alpha value is -0.360. The Morgan fingerprint density at radius 2 is 2.41 bits per heavy atom. The number of aromatic nitrogens is 1. The van der Waals surface area contributed by atoms with Gasteiger partial charge in [-0.1, -0.05) is 0 Å². The average Bonchev–Trinajstić information content (AvgIpc) is 2.80. The Bertz CT molecular complexity index is 315. The molecule has 1 aliphatic heterocycles. The molecule has 0 aliphatic carbocycles. The standard InChI is InChI=1S/C10H15N3OS.2ClH/c14-10(8-2-1-3-11-4-8)12-5-9-6-15-7-13-9;;/h6-8,11H,1-5H2,(H,12,14);2*1H. The molecule has 1 unspecified atom stereocenters. The summed E-state index contributed by atoms with van der Waals surface area (Å²) >= 11 is 1.55. The Morgan fingerprint density at radius 3 is 3.00 bits per heavy atom. The smallest absolute Gasteiger partial charge is 0.224 e. The number of thiazole rings is 1. The first-order valence-electron chi connectivity index (χ1n) is 5.22. The van der Waals surface area contributed by atoms with Gasteiger partial charge in [0.25, 0.3) is 0 Å². The highest BCUT2D eigenvalue weighted by Gasteiger charge is 2.20. The molecule has 1 aromatic heterocycles. The minimum absolute atomic E-state index is 0. The van der Waals surface area contributed by atoms with Gasteiger partial charge in [-0.3, -0.25) is 4.79 Å². The van der Waals surface area contributed by atoms with Gasteiger partial charge in [-0.2, -0.15) is 0 Å². The van der Waals surface area contributed by atoms with Crippen molar-refractivity contribution >= 4 is 42.1 Å². The van der Waals surface area contributed by atoms with Gasteiger partial charge >= 0.3 is 0 Å². The van der Waals surface area contributed by atoms with Crippen LogP contribution in [0.15, 0.2) is 10.9 Å². The lowest BCUT2D eigenvalue weighted by Crippen LogP contribution is -2.40. The Balaban J connectivity index is 0.00000128. The molecule has 0 radical (unpaired) electrons. The lowest BCUT2D eigenvalue weighted by molar-refractivity contribution is -0.125. The summed E-state index contributed by atoms with van der Waals surface area (Å²) < 4.78 is 0. The normalized spacial score (nSPS) is 18.7. The molecule has 0 bridgehead atoms. The van der Waals surface area contributed by atoms with E-state index in [1.165, 1.54) is 0 Å². The predicted molar refractivity (Wildman–Crippen MR) is 74.1 cm³/mol. The first-order chi connectivity index (χ1) is 7.36. The number of carbonyl (C=O) groups excluding carboxylic acids is 1. The van der Waals surface area contributed by atoms with E-state index in [2.05, 4.69) is 15.6 Å². The van der Waals surface area contributed by atoms with E-state index in [-0.39, 0.29) is 36.6 Å². The fourth-order valence-electron chi connectivity index (χ4n) is 1.72.